The molecule has 1 rings (SSSR count). The van der Waals surface area contributed by atoms with Gasteiger partial charge in [-0.05, 0) is 19.3 Å². The Bertz CT molecular complexity index is 303. The smallest absolute Gasteiger partial charge is 0.320 e. The zero-order valence-corrected chi connectivity index (χ0v) is 8.94. The summed E-state index contributed by atoms with van der Waals surface area (Å²) in [6.07, 6.45) is 1.98. The van der Waals surface area contributed by atoms with E-state index in [1.54, 1.807) is 0 Å². The molecule has 1 aliphatic rings. The van der Waals surface area contributed by atoms with Gasteiger partial charge in [-0.1, -0.05) is 0 Å². The second kappa shape index (κ2) is 5.60. The number of carboxylic acid groups (broad SMARTS) is 1. The van der Waals surface area contributed by atoms with Crippen molar-refractivity contribution in [2.24, 2.45) is 11.7 Å². The molecule has 6 nitrogen and oxygen atoms in total. The van der Waals surface area contributed by atoms with Crippen LogP contribution >= 0.6 is 0 Å². The Morgan fingerprint density at radius 3 is 2.75 bits per heavy atom. The molecule has 1 saturated carbocycles. The lowest BCUT2D eigenvalue weighted by atomic mass is 10.1. The lowest BCUT2D eigenvalue weighted by Crippen LogP contribution is -2.38. The molecule has 0 bridgehead atoms. The highest BCUT2D eigenvalue weighted by Crippen LogP contribution is 2.21. The molecule has 0 aromatic carbocycles. The van der Waals surface area contributed by atoms with E-state index in [0.29, 0.717) is 12.8 Å². The number of rotatable bonds is 5. The third kappa shape index (κ3) is 3.30. The predicted molar refractivity (Wildman–Crippen MR) is 55.6 cm³/mol. The van der Waals surface area contributed by atoms with Crippen molar-refractivity contribution >= 4 is 17.7 Å². The van der Waals surface area contributed by atoms with Crippen molar-refractivity contribution in [3.8, 4) is 0 Å². The minimum Gasteiger partial charge on any atom is -0.480 e. The number of amides is 1. The summed E-state index contributed by atoms with van der Waals surface area (Å²) in [5, 5.41) is 11.0. The fraction of sp³-hybridized carbons (Fsp3) is 0.700. The van der Waals surface area contributed by atoms with Gasteiger partial charge in [-0.25, -0.2) is 0 Å². The van der Waals surface area contributed by atoms with E-state index in [-0.39, 0.29) is 24.7 Å². The van der Waals surface area contributed by atoms with E-state index < -0.39 is 17.9 Å². The van der Waals surface area contributed by atoms with Gasteiger partial charge in [-0.2, -0.15) is 0 Å². The fourth-order valence-corrected chi connectivity index (χ4v) is 1.69. The summed E-state index contributed by atoms with van der Waals surface area (Å²) in [7, 11) is 0. The molecule has 1 fully saturated rings. The SMILES string of the molecule is N[C@@H](CCNC(=O)[C@H]1CCCC1=O)C(=O)O. The number of aliphatic carboxylic acids is 1. The van der Waals surface area contributed by atoms with E-state index in [2.05, 4.69) is 5.32 Å². The topological polar surface area (TPSA) is 109 Å². The van der Waals surface area contributed by atoms with Crippen LogP contribution < -0.4 is 11.1 Å². The first kappa shape index (κ1) is 12.6. The molecule has 6 heteroatoms. The third-order valence-electron chi connectivity index (χ3n) is 2.69. The maximum atomic E-state index is 11.5. The molecule has 0 saturated heterocycles. The van der Waals surface area contributed by atoms with Gasteiger partial charge in [0, 0.05) is 13.0 Å². The van der Waals surface area contributed by atoms with Crippen LogP contribution in [0.4, 0.5) is 0 Å². The first-order chi connectivity index (χ1) is 7.52. The van der Waals surface area contributed by atoms with Crippen molar-refractivity contribution in [1.29, 1.82) is 0 Å². The van der Waals surface area contributed by atoms with Gasteiger partial charge in [-0.15, -0.1) is 0 Å². The highest BCUT2D eigenvalue weighted by atomic mass is 16.4. The standard InChI is InChI=1S/C10H16N2O4/c11-7(10(15)16)4-5-12-9(14)6-2-1-3-8(6)13/h6-7H,1-5,11H2,(H,12,14)(H,15,16)/t6-,7-/m0/s1. The highest BCUT2D eigenvalue weighted by molar-refractivity contribution is 6.02. The van der Waals surface area contributed by atoms with Gasteiger partial charge < -0.3 is 16.2 Å². The number of hydrogen-bond acceptors (Lipinski definition) is 4. The van der Waals surface area contributed by atoms with E-state index in [1.807, 2.05) is 0 Å². The Morgan fingerprint density at radius 2 is 2.25 bits per heavy atom. The monoisotopic (exact) mass is 228 g/mol. The number of nitrogens with two attached hydrogens (primary N) is 1. The van der Waals surface area contributed by atoms with Crippen molar-refractivity contribution in [2.75, 3.05) is 6.54 Å². The molecule has 2 atom stereocenters. The predicted octanol–water partition coefficient (Wildman–Crippen LogP) is -0.726. The largest absolute Gasteiger partial charge is 0.480 e. The summed E-state index contributed by atoms with van der Waals surface area (Å²) in [4.78, 5) is 33.1. The summed E-state index contributed by atoms with van der Waals surface area (Å²) in [5.74, 6) is -1.97. The minimum absolute atomic E-state index is 0.0277. The van der Waals surface area contributed by atoms with Gasteiger partial charge >= 0.3 is 5.97 Å². The quantitative estimate of drug-likeness (QED) is 0.538. The second-order valence-corrected chi connectivity index (χ2v) is 3.94. The molecule has 90 valence electrons. The van der Waals surface area contributed by atoms with Gasteiger partial charge in [0.1, 0.15) is 11.8 Å². The zero-order chi connectivity index (χ0) is 12.1. The Balaban J connectivity index is 2.25. The Hall–Kier alpha value is -1.43. The fourth-order valence-electron chi connectivity index (χ4n) is 1.69. The van der Waals surface area contributed by atoms with Crippen molar-refractivity contribution in [1.82, 2.24) is 5.32 Å². The van der Waals surface area contributed by atoms with E-state index >= 15 is 0 Å². The molecular formula is C10H16N2O4. The van der Waals surface area contributed by atoms with Crippen LogP contribution in [0.2, 0.25) is 0 Å². The molecule has 0 unspecified atom stereocenters. The van der Waals surface area contributed by atoms with Gasteiger partial charge in [-0.3, -0.25) is 14.4 Å². The zero-order valence-electron chi connectivity index (χ0n) is 8.94. The van der Waals surface area contributed by atoms with E-state index in [9.17, 15) is 14.4 Å². The van der Waals surface area contributed by atoms with Crippen LogP contribution in [0.25, 0.3) is 0 Å². The summed E-state index contributed by atoms with van der Waals surface area (Å²) in [5.41, 5.74) is 5.27. The molecule has 1 aliphatic carbocycles. The summed E-state index contributed by atoms with van der Waals surface area (Å²) >= 11 is 0. The van der Waals surface area contributed by atoms with Crippen molar-refractivity contribution in [3.63, 3.8) is 0 Å². The van der Waals surface area contributed by atoms with Gasteiger partial charge in [0.15, 0.2) is 0 Å². The van der Waals surface area contributed by atoms with Crippen LogP contribution in [0.5, 0.6) is 0 Å². The Kier molecular flexibility index (Phi) is 4.42. The van der Waals surface area contributed by atoms with Gasteiger partial charge in [0.2, 0.25) is 5.91 Å². The van der Waals surface area contributed by atoms with Crippen LogP contribution in [0, 0.1) is 5.92 Å². The second-order valence-electron chi connectivity index (χ2n) is 3.94. The number of Topliss-reactive ketones (excluding diaryl/α,β-unsaturated/α-hetero) is 1. The number of hydrogen-bond donors (Lipinski definition) is 3. The average Bonchev–Trinajstić information content (AvgIpc) is 2.64. The minimum atomic E-state index is -1.09. The molecule has 4 N–H and O–H groups in total. The van der Waals surface area contributed by atoms with E-state index in [1.165, 1.54) is 0 Å². The normalized spacial score (nSPS) is 21.8. The van der Waals surface area contributed by atoms with Crippen molar-refractivity contribution in [2.45, 2.75) is 31.7 Å². The summed E-state index contributed by atoms with van der Waals surface area (Å²) in [6.45, 7) is 0.191. The van der Waals surface area contributed by atoms with Crippen molar-refractivity contribution < 1.29 is 19.5 Å². The van der Waals surface area contributed by atoms with Crippen LogP contribution in [0.3, 0.4) is 0 Å². The van der Waals surface area contributed by atoms with Crippen LogP contribution in [-0.4, -0.2) is 35.4 Å². The Morgan fingerprint density at radius 1 is 1.56 bits per heavy atom. The van der Waals surface area contributed by atoms with E-state index in [0.717, 1.165) is 6.42 Å². The number of carboxylic acids is 1. The van der Waals surface area contributed by atoms with Gasteiger partial charge in [0.05, 0.1) is 5.92 Å². The van der Waals surface area contributed by atoms with E-state index in [4.69, 9.17) is 10.8 Å². The lowest BCUT2D eigenvalue weighted by Gasteiger charge is -2.10. The third-order valence-corrected chi connectivity index (χ3v) is 2.69. The molecule has 0 heterocycles. The number of carbonyl (C=O) groups is 3. The number of ketones is 1. The maximum Gasteiger partial charge on any atom is 0.320 e. The molecular weight excluding hydrogens is 212 g/mol. The first-order valence-electron chi connectivity index (χ1n) is 5.31. The molecule has 0 aliphatic heterocycles. The van der Waals surface area contributed by atoms with Crippen molar-refractivity contribution in [3.05, 3.63) is 0 Å². The molecule has 0 spiro atoms. The van der Waals surface area contributed by atoms with Crippen LogP contribution in [0.15, 0.2) is 0 Å². The average molecular weight is 228 g/mol. The van der Waals surface area contributed by atoms with Crippen LogP contribution in [-0.2, 0) is 14.4 Å². The highest BCUT2D eigenvalue weighted by Gasteiger charge is 2.30. The number of carbonyl (C=O) groups excluding carboxylic acids is 2. The maximum absolute atomic E-state index is 11.5. The van der Waals surface area contributed by atoms with Crippen LogP contribution in [0.1, 0.15) is 25.7 Å². The molecule has 16 heavy (non-hydrogen) atoms. The summed E-state index contributed by atoms with van der Waals surface area (Å²) in [6, 6.07) is -0.973. The van der Waals surface area contributed by atoms with Gasteiger partial charge in [0.25, 0.3) is 0 Å². The summed E-state index contributed by atoms with van der Waals surface area (Å²) < 4.78 is 0. The lowest BCUT2D eigenvalue weighted by molar-refractivity contribution is -0.139. The molecule has 0 aromatic heterocycles. The molecule has 1 amide bonds. The molecule has 0 aromatic rings. The first-order valence-corrected chi connectivity index (χ1v) is 5.31. The molecule has 0 radical (unpaired) electrons. The Labute approximate surface area is 93.2 Å². The number of nitrogens with one attached hydrogen (secondary N) is 1.